The molecule has 0 radical (unpaired) electrons. The highest BCUT2D eigenvalue weighted by atomic mass is 32.3. The first-order chi connectivity index (χ1) is 6.45. The zero-order valence-corrected chi connectivity index (χ0v) is 10.4. The number of ether oxygens (including phenoxy) is 1. The molecule has 0 saturated heterocycles. The van der Waals surface area contributed by atoms with Gasteiger partial charge in [0.15, 0.2) is 0 Å². The summed E-state index contributed by atoms with van der Waals surface area (Å²) in [6.07, 6.45) is 9.94. The maximum atomic E-state index is 6.94. The minimum Gasteiger partial charge on any atom is -0.368 e. The summed E-state index contributed by atoms with van der Waals surface area (Å²) in [5.41, 5.74) is 0.898. The normalized spacial score (nSPS) is 13.9. The first-order valence-electron chi connectivity index (χ1n) is 4.60. The van der Waals surface area contributed by atoms with Crippen molar-refractivity contribution in [2.24, 2.45) is 0 Å². The molecule has 0 bridgehead atoms. The van der Waals surface area contributed by atoms with Gasteiger partial charge in [-0.2, -0.15) is 0 Å². The van der Waals surface area contributed by atoms with Gasteiger partial charge in [-0.15, -0.1) is 0 Å². The summed E-state index contributed by atoms with van der Waals surface area (Å²) >= 11 is 0. The first kappa shape index (κ1) is 13.5. The monoisotopic (exact) mass is 218 g/mol. The number of allylic oxidation sites excluding steroid dienone is 1. The van der Waals surface area contributed by atoms with Gasteiger partial charge in [-0.25, -0.2) is 10.0 Å². The van der Waals surface area contributed by atoms with E-state index in [-0.39, 0.29) is 0 Å². The maximum absolute atomic E-state index is 6.94. The molecule has 0 aromatic carbocycles. The van der Waals surface area contributed by atoms with Gasteiger partial charge in [0, 0.05) is 18.2 Å². The zero-order chi connectivity index (χ0) is 11.0. The van der Waals surface area contributed by atoms with Crippen LogP contribution in [0.2, 0.25) is 0 Å². The molecule has 0 unspecified atom stereocenters. The van der Waals surface area contributed by atoms with Gasteiger partial charge >= 0.3 is 0 Å². The average molecular weight is 218 g/mol. The van der Waals surface area contributed by atoms with Crippen molar-refractivity contribution in [3.8, 4) is 0 Å². The highest BCUT2D eigenvalue weighted by molar-refractivity contribution is 8.32. The Hall–Kier alpha value is -0.480. The van der Waals surface area contributed by atoms with Crippen LogP contribution in [0.3, 0.4) is 0 Å². The van der Waals surface area contributed by atoms with Crippen molar-refractivity contribution < 1.29 is 4.74 Å². The molecule has 0 amide bonds. The predicted octanol–water partition coefficient (Wildman–Crippen LogP) is 1.80. The van der Waals surface area contributed by atoms with Crippen LogP contribution < -0.4 is 5.32 Å². The van der Waals surface area contributed by atoms with Crippen LogP contribution in [0, 0.1) is 5.41 Å². The fourth-order valence-electron chi connectivity index (χ4n) is 0.684. The van der Waals surface area contributed by atoms with Gasteiger partial charge in [0.2, 0.25) is 0 Å². The standard InChI is InChI=1S/C10H22N2OS/c1-10(7-11)8-12-9-13-5-6-14(2,3)4/h7-8,11-12H,5-6,9H2,1-4H3/b10-8-,11-7?. The van der Waals surface area contributed by atoms with Gasteiger partial charge in [0.25, 0.3) is 0 Å². The van der Waals surface area contributed by atoms with Crippen LogP contribution in [0.4, 0.5) is 0 Å². The number of nitrogens with one attached hydrogen (secondary N) is 2. The molecule has 4 heteroatoms. The van der Waals surface area contributed by atoms with E-state index in [0.29, 0.717) is 6.73 Å². The van der Waals surface area contributed by atoms with Crippen LogP contribution in [0.5, 0.6) is 0 Å². The average Bonchev–Trinajstić information content (AvgIpc) is 2.08. The third-order valence-electron chi connectivity index (χ3n) is 1.58. The van der Waals surface area contributed by atoms with Gasteiger partial charge in [-0.1, -0.05) is 0 Å². The summed E-state index contributed by atoms with van der Waals surface area (Å²) in [5, 5.41) is 9.93. The second-order valence-electron chi connectivity index (χ2n) is 4.08. The molecule has 0 heterocycles. The number of hydrogen-bond donors (Lipinski definition) is 2. The molecule has 0 aliphatic carbocycles. The van der Waals surface area contributed by atoms with Gasteiger partial charge in [-0.05, 0) is 31.3 Å². The van der Waals surface area contributed by atoms with Crippen LogP contribution in [-0.2, 0) is 4.74 Å². The fourth-order valence-corrected chi connectivity index (χ4v) is 1.30. The summed E-state index contributed by atoms with van der Waals surface area (Å²) in [5.74, 6) is 1.14. The van der Waals surface area contributed by atoms with Crippen molar-refractivity contribution in [1.29, 1.82) is 5.41 Å². The Kier molecular flexibility index (Phi) is 6.66. The largest absolute Gasteiger partial charge is 0.368 e. The van der Waals surface area contributed by atoms with Crippen molar-refractivity contribution in [2.75, 3.05) is 37.9 Å². The molecule has 14 heavy (non-hydrogen) atoms. The van der Waals surface area contributed by atoms with Crippen molar-refractivity contribution in [3.05, 3.63) is 11.8 Å². The van der Waals surface area contributed by atoms with Crippen molar-refractivity contribution in [3.63, 3.8) is 0 Å². The Balaban J connectivity index is 3.35. The van der Waals surface area contributed by atoms with Gasteiger partial charge in [0.05, 0.1) is 6.61 Å². The van der Waals surface area contributed by atoms with Gasteiger partial charge in [0.1, 0.15) is 6.73 Å². The second-order valence-corrected chi connectivity index (χ2v) is 8.67. The molecule has 3 nitrogen and oxygen atoms in total. The van der Waals surface area contributed by atoms with E-state index >= 15 is 0 Å². The molecule has 0 aliphatic rings. The fraction of sp³-hybridized carbons (Fsp3) is 0.700. The maximum Gasteiger partial charge on any atom is 0.116 e. The molecule has 0 rings (SSSR count). The van der Waals surface area contributed by atoms with Crippen LogP contribution in [-0.4, -0.2) is 44.1 Å². The van der Waals surface area contributed by atoms with Crippen LogP contribution in [0.25, 0.3) is 0 Å². The van der Waals surface area contributed by atoms with E-state index < -0.39 is 10.0 Å². The molecule has 0 atom stereocenters. The lowest BCUT2D eigenvalue weighted by Gasteiger charge is -2.24. The second kappa shape index (κ2) is 6.90. The van der Waals surface area contributed by atoms with Crippen LogP contribution >= 0.6 is 10.0 Å². The summed E-state index contributed by atoms with van der Waals surface area (Å²) in [6, 6.07) is 0. The molecule has 0 spiro atoms. The summed E-state index contributed by atoms with van der Waals surface area (Å²) in [7, 11) is -0.437. The molecular formula is C10H22N2OS. The summed E-state index contributed by atoms with van der Waals surface area (Å²) in [4.78, 5) is 0. The molecular weight excluding hydrogens is 196 g/mol. The van der Waals surface area contributed by atoms with E-state index in [4.69, 9.17) is 10.1 Å². The van der Waals surface area contributed by atoms with E-state index in [9.17, 15) is 0 Å². The van der Waals surface area contributed by atoms with E-state index in [1.165, 1.54) is 6.21 Å². The van der Waals surface area contributed by atoms with E-state index in [1.807, 2.05) is 6.92 Å². The molecule has 0 aromatic rings. The molecule has 2 N–H and O–H groups in total. The quantitative estimate of drug-likeness (QED) is 0.389. The number of rotatable bonds is 7. The van der Waals surface area contributed by atoms with Crippen molar-refractivity contribution in [1.82, 2.24) is 5.32 Å². The highest BCUT2D eigenvalue weighted by Crippen LogP contribution is 2.33. The lowest BCUT2D eigenvalue weighted by molar-refractivity contribution is 0.140. The van der Waals surface area contributed by atoms with E-state index in [0.717, 1.165) is 17.9 Å². The Bertz CT molecular complexity index is 197. The third-order valence-corrected chi connectivity index (χ3v) is 2.97. The van der Waals surface area contributed by atoms with Crippen molar-refractivity contribution in [2.45, 2.75) is 6.92 Å². The minimum absolute atomic E-state index is 0.437. The predicted molar refractivity (Wildman–Crippen MR) is 66.7 cm³/mol. The van der Waals surface area contributed by atoms with Gasteiger partial charge in [-0.3, -0.25) is 0 Å². The molecule has 0 aromatic heterocycles. The molecule has 0 saturated carbocycles. The van der Waals surface area contributed by atoms with Crippen molar-refractivity contribution >= 4 is 16.2 Å². The number of hydrogen-bond acceptors (Lipinski definition) is 3. The lowest BCUT2D eigenvalue weighted by Crippen LogP contribution is -2.15. The summed E-state index contributed by atoms with van der Waals surface area (Å²) in [6.45, 7) is 3.21. The first-order valence-corrected chi connectivity index (χ1v) is 7.63. The highest BCUT2D eigenvalue weighted by Gasteiger charge is 2.02. The lowest BCUT2D eigenvalue weighted by atomic mass is 10.4. The smallest absolute Gasteiger partial charge is 0.116 e. The Morgan fingerprint density at radius 3 is 2.57 bits per heavy atom. The van der Waals surface area contributed by atoms with Gasteiger partial charge < -0.3 is 15.5 Å². The topological polar surface area (TPSA) is 45.1 Å². The molecule has 0 aliphatic heterocycles. The Morgan fingerprint density at radius 1 is 1.43 bits per heavy atom. The zero-order valence-electron chi connectivity index (χ0n) is 9.59. The van der Waals surface area contributed by atoms with Crippen LogP contribution in [0.15, 0.2) is 11.8 Å². The SMILES string of the molecule is C/C(C=N)=C/NCOCCS(C)(C)C. The van der Waals surface area contributed by atoms with E-state index in [1.54, 1.807) is 6.20 Å². The van der Waals surface area contributed by atoms with E-state index in [2.05, 4.69) is 24.1 Å². The molecule has 0 fully saturated rings. The van der Waals surface area contributed by atoms with Crippen LogP contribution in [0.1, 0.15) is 6.92 Å². The molecule has 84 valence electrons. The third kappa shape index (κ3) is 9.61. The minimum atomic E-state index is -0.437. The summed E-state index contributed by atoms with van der Waals surface area (Å²) < 4.78 is 5.39. The Labute approximate surface area is 88.7 Å². The Morgan fingerprint density at radius 2 is 2.07 bits per heavy atom.